The standard InChI is InChI=1S/C19H22F2N2O3/c1-19(2)13-7-8-23(10-11(13)9-14(22)16(19)24)17(25)12-5-3-4-6-15(12)26-18(20)21/h3-6,9,11,13,18H,7-8,10,22H2,1-2H3. The SMILES string of the molecule is CC1(C)C(=O)C(N)=CC2CN(C(=O)c3ccccc3OC(F)F)CCC21. The highest BCUT2D eigenvalue weighted by Gasteiger charge is 2.47. The van der Waals surface area contributed by atoms with E-state index in [2.05, 4.69) is 4.74 Å². The number of ether oxygens (including phenoxy) is 1. The molecule has 1 fully saturated rings. The molecule has 1 amide bonds. The van der Waals surface area contributed by atoms with Gasteiger partial charge in [-0.3, -0.25) is 9.59 Å². The molecular weight excluding hydrogens is 342 g/mol. The molecule has 0 saturated carbocycles. The summed E-state index contributed by atoms with van der Waals surface area (Å²) < 4.78 is 29.7. The van der Waals surface area contributed by atoms with Crippen LogP contribution in [-0.2, 0) is 4.79 Å². The molecule has 0 radical (unpaired) electrons. The Hall–Kier alpha value is -2.44. The predicted molar refractivity (Wildman–Crippen MR) is 91.6 cm³/mol. The first-order valence-electron chi connectivity index (χ1n) is 8.57. The van der Waals surface area contributed by atoms with Crippen molar-refractivity contribution in [3.63, 3.8) is 0 Å². The van der Waals surface area contributed by atoms with Crippen LogP contribution in [0.4, 0.5) is 8.78 Å². The van der Waals surface area contributed by atoms with Crippen LogP contribution in [0.25, 0.3) is 0 Å². The average molecular weight is 364 g/mol. The molecule has 1 aliphatic heterocycles. The van der Waals surface area contributed by atoms with Crippen LogP contribution in [-0.4, -0.2) is 36.3 Å². The maximum atomic E-state index is 12.9. The molecule has 26 heavy (non-hydrogen) atoms. The van der Waals surface area contributed by atoms with Crippen molar-refractivity contribution in [2.45, 2.75) is 26.9 Å². The van der Waals surface area contributed by atoms with Crippen LogP contribution < -0.4 is 10.5 Å². The lowest BCUT2D eigenvalue weighted by Crippen LogP contribution is -2.52. The number of fused-ring (bicyclic) bond motifs is 1. The number of para-hydroxylation sites is 1. The molecule has 0 spiro atoms. The van der Waals surface area contributed by atoms with E-state index in [1.807, 2.05) is 13.8 Å². The molecule has 1 aromatic carbocycles. The molecule has 140 valence electrons. The first kappa shape index (κ1) is 18.4. The molecule has 1 saturated heterocycles. The summed E-state index contributed by atoms with van der Waals surface area (Å²) in [6.45, 7) is 1.62. The number of benzene rings is 1. The Morgan fingerprint density at radius 3 is 2.73 bits per heavy atom. The zero-order valence-corrected chi connectivity index (χ0v) is 14.7. The van der Waals surface area contributed by atoms with Crippen LogP contribution in [0.1, 0.15) is 30.6 Å². The monoisotopic (exact) mass is 364 g/mol. The maximum Gasteiger partial charge on any atom is 0.387 e. The van der Waals surface area contributed by atoms with Gasteiger partial charge in [0.05, 0.1) is 11.3 Å². The van der Waals surface area contributed by atoms with Gasteiger partial charge in [0.1, 0.15) is 5.75 Å². The first-order valence-corrected chi connectivity index (χ1v) is 8.57. The fourth-order valence-corrected chi connectivity index (χ4v) is 4.09. The summed E-state index contributed by atoms with van der Waals surface area (Å²) in [6, 6.07) is 5.98. The van der Waals surface area contributed by atoms with E-state index in [1.165, 1.54) is 12.1 Å². The lowest BCUT2D eigenvalue weighted by molar-refractivity contribution is -0.129. The molecule has 2 N–H and O–H groups in total. The van der Waals surface area contributed by atoms with Crippen molar-refractivity contribution < 1.29 is 23.1 Å². The van der Waals surface area contributed by atoms with Crippen LogP contribution in [0, 0.1) is 17.3 Å². The van der Waals surface area contributed by atoms with Crippen molar-refractivity contribution in [3.8, 4) is 5.75 Å². The Morgan fingerprint density at radius 2 is 2.04 bits per heavy atom. The highest BCUT2D eigenvalue weighted by molar-refractivity contribution is 6.00. The number of nitrogens with two attached hydrogens (primary N) is 1. The molecular formula is C19H22F2N2O3. The van der Waals surface area contributed by atoms with Crippen LogP contribution >= 0.6 is 0 Å². The van der Waals surface area contributed by atoms with Crippen molar-refractivity contribution in [3.05, 3.63) is 41.6 Å². The van der Waals surface area contributed by atoms with Crippen molar-refractivity contribution in [1.82, 2.24) is 4.90 Å². The van der Waals surface area contributed by atoms with Gasteiger partial charge in [-0.15, -0.1) is 0 Å². The van der Waals surface area contributed by atoms with Crippen LogP contribution in [0.5, 0.6) is 5.75 Å². The highest BCUT2D eigenvalue weighted by Crippen LogP contribution is 2.44. The second-order valence-electron chi connectivity index (χ2n) is 7.36. The molecule has 5 nitrogen and oxygen atoms in total. The number of Topliss-reactive ketones (excluding diaryl/α,β-unsaturated/α-hetero) is 1. The lowest BCUT2D eigenvalue weighted by Gasteiger charge is -2.46. The summed E-state index contributed by atoms with van der Waals surface area (Å²) in [5.41, 5.74) is 5.64. The van der Waals surface area contributed by atoms with Gasteiger partial charge in [-0.05, 0) is 24.5 Å². The summed E-state index contributed by atoms with van der Waals surface area (Å²) in [6.07, 6.45) is 2.38. The van der Waals surface area contributed by atoms with Gasteiger partial charge < -0.3 is 15.4 Å². The topological polar surface area (TPSA) is 72.6 Å². The molecule has 3 rings (SSSR count). The predicted octanol–water partition coefficient (Wildman–Crippen LogP) is 2.82. The summed E-state index contributed by atoms with van der Waals surface area (Å²) in [5.74, 6) is -0.498. The number of carbonyl (C=O) groups is 2. The van der Waals surface area contributed by atoms with Gasteiger partial charge in [-0.2, -0.15) is 8.78 Å². The van der Waals surface area contributed by atoms with E-state index in [4.69, 9.17) is 5.73 Å². The van der Waals surface area contributed by atoms with Crippen molar-refractivity contribution >= 4 is 11.7 Å². The number of likely N-dealkylation sites (tertiary alicyclic amines) is 1. The Balaban J connectivity index is 1.83. The minimum absolute atomic E-state index is 0.0384. The van der Waals surface area contributed by atoms with E-state index in [-0.39, 0.29) is 40.5 Å². The number of nitrogens with zero attached hydrogens (tertiary/aromatic N) is 1. The molecule has 7 heteroatoms. The van der Waals surface area contributed by atoms with E-state index < -0.39 is 12.0 Å². The quantitative estimate of drug-likeness (QED) is 0.895. The number of allylic oxidation sites excluding steroid dienone is 1. The van der Waals surface area contributed by atoms with Gasteiger partial charge in [0, 0.05) is 24.4 Å². The third-order valence-corrected chi connectivity index (χ3v) is 5.45. The highest BCUT2D eigenvalue weighted by atomic mass is 19.3. The van der Waals surface area contributed by atoms with Gasteiger partial charge >= 0.3 is 6.61 Å². The average Bonchev–Trinajstić information content (AvgIpc) is 2.59. The number of alkyl halides is 2. The third kappa shape index (κ3) is 3.18. The summed E-state index contributed by atoms with van der Waals surface area (Å²) in [7, 11) is 0. The minimum atomic E-state index is -3.00. The molecule has 1 aliphatic carbocycles. The number of hydrogen-bond donors (Lipinski definition) is 1. The van der Waals surface area contributed by atoms with Gasteiger partial charge in [-0.25, -0.2) is 0 Å². The van der Waals surface area contributed by atoms with E-state index in [1.54, 1.807) is 23.1 Å². The Kier molecular flexibility index (Phi) is 4.73. The largest absolute Gasteiger partial charge is 0.434 e. The number of piperidine rings is 1. The number of carbonyl (C=O) groups excluding carboxylic acids is 2. The lowest BCUT2D eigenvalue weighted by atomic mass is 9.62. The second-order valence-corrected chi connectivity index (χ2v) is 7.36. The second kappa shape index (κ2) is 6.70. The zero-order chi connectivity index (χ0) is 19.1. The van der Waals surface area contributed by atoms with Gasteiger partial charge in [-0.1, -0.05) is 32.1 Å². The van der Waals surface area contributed by atoms with E-state index >= 15 is 0 Å². The maximum absolute atomic E-state index is 12.9. The van der Waals surface area contributed by atoms with Crippen LogP contribution in [0.3, 0.4) is 0 Å². The van der Waals surface area contributed by atoms with Crippen molar-refractivity contribution in [2.24, 2.45) is 23.0 Å². The number of amides is 1. The van der Waals surface area contributed by atoms with Crippen molar-refractivity contribution in [2.75, 3.05) is 13.1 Å². The van der Waals surface area contributed by atoms with Gasteiger partial charge in [0.15, 0.2) is 5.78 Å². The minimum Gasteiger partial charge on any atom is -0.434 e. The Morgan fingerprint density at radius 1 is 1.35 bits per heavy atom. The smallest absolute Gasteiger partial charge is 0.387 e. The zero-order valence-electron chi connectivity index (χ0n) is 14.7. The number of hydrogen-bond acceptors (Lipinski definition) is 4. The van der Waals surface area contributed by atoms with Gasteiger partial charge in [0.2, 0.25) is 0 Å². The molecule has 0 aromatic heterocycles. The number of halogens is 2. The normalized spacial score (nSPS) is 24.9. The molecule has 2 aliphatic rings. The third-order valence-electron chi connectivity index (χ3n) is 5.45. The van der Waals surface area contributed by atoms with E-state index in [0.29, 0.717) is 19.5 Å². The molecule has 0 bridgehead atoms. The molecule has 2 unspecified atom stereocenters. The van der Waals surface area contributed by atoms with Crippen LogP contribution in [0.15, 0.2) is 36.0 Å². The first-order chi connectivity index (χ1) is 12.2. The van der Waals surface area contributed by atoms with E-state index in [9.17, 15) is 18.4 Å². The summed E-state index contributed by atoms with van der Waals surface area (Å²) >= 11 is 0. The fraction of sp³-hybridized carbons (Fsp3) is 0.474. The van der Waals surface area contributed by atoms with Crippen molar-refractivity contribution in [1.29, 1.82) is 0 Å². The summed E-state index contributed by atoms with van der Waals surface area (Å²) in [4.78, 5) is 26.8. The van der Waals surface area contributed by atoms with Crippen LogP contribution in [0.2, 0.25) is 0 Å². The Labute approximate surface area is 150 Å². The summed E-state index contributed by atoms with van der Waals surface area (Å²) in [5, 5.41) is 0. The molecule has 1 aromatic rings. The molecule has 2 atom stereocenters. The van der Waals surface area contributed by atoms with Gasteiger partial charge in [0.25, 0.3) is 5.91 Å². The Bertz CT molecular complexity index is 761. The molecule has 1 heterocycles. The van der Waals surface area contributed by atoms with E-state index in [0.717, 1.165) is 0 Å². The number of ketones is 1. The fourth-order valence-electron chi connectivity index (χ4n) is 4.09. The number of rotatable bonds is 3.